The van der Waals surface area contributed by atoms with Crippen molar-refractivity contribution in [3.63, 3.8) is 0 Å². The molecule has 0 aromatic carbocycles. The van der Waals surface area contributed by atoms with E-state index in [1.165, 1.54) is 24.4 Å². The average Bonchev–Trinajstić information content (AvgIpc) is 3.19. The lowest BCUT2D eigenvalue weighted by Gasteiger charge is -2.31. The van der Waals surface area contributed by atoms with Crippen molar-refractivity contribution in [1.82, 2.24) is 20.0 Å². The summed E-state index contributed by atoms with van der Waals surface area (Å²) in [7, 11) is 0. The van der Waals surface area contributed by atoms with E-state index in [4.69, 9.17) is 4.52 Å². The molecule has 7 nitrogen and oxygen atoms in total. The number of pyridine rings is 1. The number of aliphatic imine (C=N–C) groups is 1. The third kappa shape index (κ3) is 4.01. The number of carbonyl (C=O) groups excluding carboxylic acids is 1. The molecule has 0 saturated carbocycles. The zero-order chi connectivity index (χ0) is 21.3. The van der Waals surface area contributed by atoms with E-state index in [2.05, 4.69) is 20.1 Å². The van der Waals surface area contributed by atoms with Gasteiger partial charge in [0.1, 0.15) is 6.04 Å². The fourth-order valence-corrected chi connectivity index (χ4v) is 3.88. The number of halogens is 2. The standard InChI is InChI=1S/C21H23F2N5O2/c1-3-14-5-8-16-15(6-9-18(23)25-16)21(29)28(14)11-12(2)20-26-19(27-30-20)17-7-4-13(22)10-24-17/h4,6-7,9-10,12-14,17H,3,5,8,11H2,1-2H3. The summed E-state index contributed by atoms with van der Waals surface area (Å²) in [5.74, 6) is -0.212. The van der Waals surface area contributed by atoms with Crippen LogP contribution in [0, 0.1) is 5.95 Å². The third-order valence-electron chi connectivity index (χ3n) is 5.54. The Bertz CT molecular complexity index is 976. The van der Waals surface area contributed by atoms with E-state index in [0.29, 0.717) is 42.4 Å². The van der Waals surface area contributed by atoms with E-state index in [0.717, 1.165) is 6.42 Å². The first-order chi connectivity index (χ1) is 14.5. The van der Waals surface area contributed by atoms with E-state index in [1.807, 2.05) is 13.8 Å². The molecule has 0 aliphatic carbocycles. The van der Waals surface area contributed by atoms with Gasteiger partial charge in [-0.1, -0.05) is 25.1 Å². The summed E-state index contributed by atoms with van der Waals surface area (Å²) in [5.41, 5.74) is 0.940. The predicted molar refractivity (Wildman–Crippen MR) is 106 cm³/mol. The normalized spacial score (nSPS) is 24.6. The van der Waals surface area contributed by atoms with Crippen molar-refractivity contribution in [1.29, 1.82) is 0 Å². The van der Waals surface area contributed by atoms with Crippen LogP contribution in [-0.2, 0) is 6.42 Å². The summed E-state index contributed by atoms with van der Waals surface area (Å²) in [6.45, 7) is 4.31. The molecule has 4 atom stereocenters. The van der Waals surface area contributed by atoms with Crippen LogP contribution in [0.1, 0.15) is 66.4 Å². The lowest BCUT2D eigenvalue weighted by atomic mass is 10.1. The molecule has 30 heavy (non-hydrogen) atoms. The van der Waals surface area contributed by atoms with Gasteiger partial charge < -0.3 is 9.42 Å². The van der Waals surface area contributed by atoms with E-state index in [1.54, 1.807) is 11.0 Å². The molecule has 0 fully saturated rings. The molecule has 2 aromatic rings. The van der Waals surface area contributed by atoms with Gasteiger partial charge in [-0.15, -0.1) is 0 Å². The number of rotatable bonds is 5. The van der Waals surface area contributed by atoms with Gasteiger partial charge in [0.2, 0.25) is 11.8 Å². The number of aromatic nitrogens is 3. The number of amides is 1. The summed E-state index contributed by atoms with van der Waals surface area (Å²) < 4.78 is 32.1. The van der Waals surface area contributed by atoms with Gasteiger partial charge in [-0.05, 0) is 37.5 Å². The highest BCUT2D eigenvalue weighted by Crippen LogP contribution is 2.27. The van der Waals surface area contributed by atoms with Crippen LogP contribution in [0.2, 0.25) is 0 Å². The van der Waals surface area contributed by atoms with Gasteiger partial charge >= 0.3 is 0 Å². The molecule has 0 bridgehead atoms. The second-order valence-corrected chi connectivity index (χ2v) is 7.65. The maximum atomic E-state index is 13.5. The summed E-state index contributed by atoms with van der Waals surface area (Å²) >= 11 is 0. The summed E-state index contributed by atoms with van der Waals surface area (Å²) in [6, 6.07) is 2.26. The summed E-state index contributed by atoms with van der Waals surface area (Å²) in [5, 5.41) is 3.97. The maximum Gasteiger partial charge on any atom is 0.255 e. The number of carbonyl (C=O) groups is 1. The number of alkyl halides is 1. The van der Waals surface area contributed by atoms with E-state index < -0.39 is 18.2 Å². The Morgan fingerprint density at radius 1 is 1.30 bits per heavy atom. The second kappa shape index (κ2) is 8.41. The molecule has 9 heteroatoms. The van der Waals surface area contributed by atoms with Gasteiger partial charge in [-0.3, -0.25) is 9.79 Å². The zero-order valence-corrected chi connectivity index (χ0v) is 16.8. The molecule has 0 spiro atoms. The number of fused-ring (bicyclic) bond motifs is 1. The number of hydrogen-bond donors (Lipinski definition) is 0. The molecule has 2 aliphatic rings. The highest BCUT2D eigenvalue weighted by atomic mass is 19.1. The van der Waals surface area contributed by atoms with Crippen LogP contribution >= 0.6 is 0 Å². The number of nitrogens with zero attached hydrogens (tertiary/aromatic N) is 5. The Balaban J connectivity index is 1.53. The number of allylic oxidation sites excluding steroid dienone is 1. The Morgan fingerprint density at radius 3 is 2.87 bits per heavy atom. The van der Waals surface area contributed by atoms with Crippen LogP contribution in [0.25, 0.3) is 0 Å². The van der Waals surface area contributed by atoms with E-state index in [-0.39, 0.29) is 17.9 Å². The minimum Gasteiger partial charge on any atom is -0.339 e. The van der Waals surface area contributed by atoms with Crippen molar-refractivity contribution >= 4 is 12.1 Å². The Kier molecular flexibility index (Phi) is 5.69. The minimum absolute atomic E-state index is 0.00645. The number of dihydropyridines is 1. The van der Waals surface area contributed by atoms with Gasteiger partial charge in [0.05, 0.1) is 17.2 Å². The second-order valence-electron chi connectivity index (χ2n) is 7.65. The van der Waals surface area contributed by atoms with Gasteiger partial charge in [-0.2, -0.15) is 9.37 Å². The largest absolute Gasteiger partial charge is 0.339 e. The Morgan fingerprint density at radius 2 is 2.13 bits per heavy atom. The average molecular weight is 415 g/mol. The highest BCUT2D eigenvalue weighted by Gasteiger charge is 2.32. The molecule has 0 saturated heterocycles. The van der Waals surface area contributed by atoms with E-state index in [9.17, 15) is 13.6 Å². The molecule has 0 radical (unpaired) electrons. The first-order valence-electron chi connectivity index (χ1n) is 10.1. The molecule has 4 unspecified atom stereocenters. The van der Waals surface area contributed by atoms with Crippen molar-refractivity contribution in [2.45, 2.75) is 57.3 Å². The molecular weight excluding hydrogens is 392 g/mol. The van der Waals surface area contributed by atoms with Crippen LogP contribution in [-0.4, -0.2) is 50.9 Å². The number of aryl methyl sites for hydroxylation is 1. The lowest BCUT2D eigenvalue weighted by molar-refractivity contribution is 0.0656. The summed E-state index contributed by atoms with van der Waals surface area (Å²) in [4.78, 5) is 27.4. The monoisotopic (exact) mass is 415 g/mol. The molecule has 158 valence electrons. The quantitative estimate of drug-likeness (QED) is 0.550. The van der Waals surface area contributed by atoms with Gasteiger partial charge in [0.25, 0.3) is 5.91 Å². The van der Waals surface area contributed by atoms with Crippen LogP contribution in [0.4, 0.5) is 8.78 Å². The van der Waals surface area contributed by atoms with Gasteiger partial charge in [-0.25, -0.2) is 9.37 Å². The smallest absolute Gasteiger partial charge is 0.255 e. The maximum absolute atomic E-state index is 13.5. The summed E-state index contributed by atoms with van der Waals surface area (Å²) in [6.07, 6.45) is 5.04. The molecule has 2 aliphatic heterocycles. The molecular formula is C21H23F2N5O2. The van der Waals surface area contributed by atoms with Gasteiger partial charge in [0, 0.05) is 18.8 Å². The fraction of sp³-hybridized carbons (Fsp3) is 0.476. The predicted octanol–water partition coefficient (Wildman–Crippen LogP) is 3.59. The zero-order valence-electron chi connectivity index (χ0n) is 16.8. The number of hydrogen-bond acceptors (Lipinski definition) is 6. The highest BCUT2D eigenvalue weighted by molar-refractivity contribution is 5.95. The van der Waals surface area contributed by atoms with Crippen molar-refractivity contribution in [2.24, 2.45) is 4.99 Å². The third-order valence-corrected chi connectivity index (χ3v) is 5.54. The Hall–Kier alpha value is -2.97. The van der Waals surface area contributed by atoms with E-state index >= 15 is 0 Å². The molecule has 4 heterocycles. The first kappa shape index (κ1) is 20.3. The molecule has 0 N–H and O–H groups in total. The van der Waals surface area contributed by atoms with Crippen molar-refractivity contribution in [3.8, 4) is 0 Å². The fourth-order valence-electron chi connectivity index (χ4n) is 3.88. The Labute approximate surface area is 172 Å². The SMILES string of the molecule is CCC1CCc2nc(F)ccc2C(=O)N1CC(C)c1nc(C2C=CC(F)C=N2)no1. The van der Waals surface area contributed by atoms with Crippen LogP contribution in [0.3, 0.4) is 0 Å². The van der Waals surface area contributed by atoms with Crippen LogP contribution < -0.4 is 0 Å². The molecule has 4 rings (SSSR count). The lowest BCUT2D eigenvalue weighted by Crippen LogP contribution is -2.41. The van der Waals surface area contributed by atoms with Gasteiger partial charge in [0.15, 0.2) is 12.0 Å². The first-order valence-corrected chi connectivity index (χ1v) is 10.1. The molecule has 2 aromatic heterocycles. The van der Waals surface area contributed by atoms with Crippen molar-refractivity contribution in [2.75, 3.05) is 6.54 Å². The van der Waals surface area contributed by atoms with Crippen molar-refractivity contribution in [3.05, 3.63) is 53.2 Å². The minimum atomic E-state index is -1.20. The van der Waals surface area contributed by atoms with Crippen molar-refractivity contribution < 1.29 is 18.1 Å². The van der Waals surface area contributed by atoms with Crippen LogP contribution in [0.15, 0.2) is 33.8 Å². The van der Waals surface area contributed by atoms with Crippen LogP contribution in [0.5, 0.6) is 0 Å². The topological polar surface area (TPSA) is 84.5 Å². The molecule has 1 amide bonds.